The maximum atomic E-state index is 13.0. The summed E-state index contributed by atoms with van der Waals surface area (Å²) in [5.41, 5.74) is 1.22. The smallest absolute Gasteiger partial charge is 0.261 e. The van der Waals surface area contributed by atoms with E-state index in [1.807, 2.05) is 24.1 Å². The van der Waals surface area contributed by atoms with Crippen LogP contribution in [0.1, 0.15) is 0 Å². The summed E-state index contributed by atoms with van der Waals surface area (Å²) in [6, 6.07) is 12.4. The third-order valence-electron chi connectivity index (χ3n) is 5.33. The normalized spacial score (nSPS) is 15.6. The van der Waals surface area contributed by atoms with Gasteiger partial charge in [-0.3, -0.25) is 9.62 Å². The topological polar surface area (TPSA) is 99.3 Å². The van der Waals surface area contributed by atoms with Crippen LogP contribution in [0, 0.1) is 0 Å². The van der Waals surface area contributed by atoms with E-state index in [1.165, 1.54) is 38.4 Å². The molecule has 1 aliphatic rings. The summed E-state index contributed by atoms with van der Waals surface area (Å²) in [4.78, 5) is 4.35. The molecule has 11 heteroatoms. The van der Waals surface area contributed by atoms with Crippen molar-refractivity contribution >= 4 is 31.4 Å². The number of hydrogen-bond acceptors (Lipinski definition) is 7. The predicted octanol–water partition coefficient (Wildman–Crippen LogP) is 1.51. The van der Waals surface area contributed by atoms with Crippen LogP contribution in [0.2, 0.25) is 0 Å². The molecule has 0 unspecified atom stereocenters. The first kappa shape index (κ1) is 24.5. The average Bonchev–Trinajstić information content (AvgIpc) is 2.78. The Morgan fingerprint density at radius 1 is 0.906 bits per heavy atom. The van der Waals surface area contributed by atoms with Gasteiger partial charge in [0.15, 0.2) is 0 Å². The number of ether oxygens (including phenoxy) is 1. The minimum absolute atomic E-state index is 0.0130. The number of anilines is 2. The molecule has 0 bridgehead atoms. The second kappa shape index (κ2) is 10.2. The van der Waals surface area contributed by atoms with Gasteiger partial charge in [0.2, 0.25) is 10.0 Å². The quantitative estimate of drug-likeness (QED) is 0.578. The van der Waals surface area contributed by atoms with Gasteiger partial charge in [0.1, 0.15) is 0 Å². The van der Waals surface area contributed by atoms with Crippen LogP contribution in [0.3, 0.4) is 0 Å². The van der Waals surface area contributed by atoms with Gasteiger partial charge in [-0.2, -0.15) is 0 Å². The van der Waals surface area contributed by atoms with Crippen molar-refractivity contribution in [1.29, 1.82) is 0 Å². The molecule has 3 rings (SSSR count). The molecular weight excluding hydrogens is 452 g/mol. The van der Waals surface area contributed by atoms with Crippen molar-refractivity contribution in [3.05, 3.63) is 48.5 Å². The number of morpholine rings is 1. The summed E-state index contributed by atoms with van der Waals surface area (Å²) in [5.74, 6) is 0. The highest BCUT2D eigenvalue weighted by Crippen LogP contribution is 2.27. The Labute approximate surface area is 190 Å². The van der Waals surface area contributed by atoms with Crippen LogP contribution in [0.15, 0.2) is 58.3 Å². The summed E-state index contributed by atoms with van der Waals surface area (Å²) in [5, 5.41) is 0. The van der Waals surface area contributed by atoms with Crippen LogP contribution in [0.5, 0.6) is 0 Å². The lowest BCUT2D eigenvalue weighted by Gasteiger charge is -2.30. The lowest BCUT2D eigenvalue weighted by molar-refractivity contribution is 0.0393. The predicted molar refractivity (Wildman–Crippen MR) is 125 cm³/mol. The van der Waals surface area contributed by atoms with Gasteiger partial charge in [0.05, 0.1) is 34.4 Å². The lowest BCUT2D eigenvalue weighted by Crippen LogP contribution is -2.40. The fourth-order valence-electron chi connectivity index (χ4n) is 3.33. The Balaban J connectivity index is 1.75. The van der Waals surface area contributed by atoms with E-state index in [2.05, 4.69) is 9.62 Å². The Bertz CT molecular complexity index is 1110. The molecule has 1 heterocycles. The van der Waals surface area contributed by atoms with Gasteiger partial charge in [-0.1, -0.05) is 12.1 Å². The van der Waals surface area contributed by atoms with Crippen LogP contribution in [-0.2, 0) is 24.8 Å². The monoisotopic (exact) mass is 482 g/mol. The zero-order valence-corrected chi connectivity index (χ0v) is 20.2. The van der Waals surface area contributed by atoms with E-state index in [0.29, 0.717) is 5.69 Å². The van der Waals surface area contributed by atoms with E-state index in [-0.39, 0.29) is 9.79 Å². The van der Waals surface area contributed by atoms with Crippen molar-refractivity contribution < 1.29 is 21.6 Å². The Kier molecular flexibility index (Phi) is 7.78. The first-order valence-electron chi connectivity index (χ1n) is 10.3. The molecule has 9 nitrogen and oxygen atoms in total. The molecule has 0 aromatic heterocycles. The van der Waals surface area contributed by atoms with Gasteiger partial charge in [-0.25, -0.2) is 21.1 Å². The second-order valence-electron chi connectivity index (χ2n) is 7.76. The minimum atomic E-state index is -3.90. The molecule has 32 heavy (non-hydrogen) atoms. The number of rotatable bonds is 9. The molecule has 0 amide bonds. The van der Waals surface area contributed by atoms with E-state index < -0.39 is 20.0 Å². The van der Waals surface area contributed by atoms with Crippen molar-refractivity contribution in [2.75, 3.05) is 70.2 Å². The maximum Gasteiger partial charge on any atom is 0.261 e. The molecule has 0 radical (unpaired) electrons. The Morgan fingerprint density at radius 2 is 1.50 bits per heavy atom. The minimum Gasteiger partial charge on any atom is -0.379 e. The summed E-state index contributed by atoms with van der Waals surface area (Å²) >= 11 is 0. The fraction of sp³-hybridized carbons (Fsp3) is 0.429. The van der Waals surface area contributed by atoms with Crippen molar-refractivity contribution in [3.63, 3.8) is 0 Å². The molecule has 176 valence electrons. The fourth-order valence-corrected chi connectivity index (χ4v) is 5.31. The molecule has 1 saturated heterocycles. The van der Waals surface area contributed by atoms with Crippen molar-refractivity contribution in [3.8, 4) is 0 Å². The molecule has 2 aromatic rings. The van der Waals surface area contributed by atoms with E-state index in [1.54, 1.807) is 12.1 Å². The van der Waals surface area contributed by atoms with Crippen LogP contribution < -0.4 is 9.62 Å². The first-order valence-corrected chi connectivity index (χ1v) is 13.2. The number of nitrogens with one attached hydrogen (secondary N) is 1. The standard InChI is InChI=1S/C21H30N4O5S2/c1-23(2)32(28,29)19-10-8-18(9-11-19)31(26,27)22-20-6-4-5-7-21(20)24(3)12-13-25-14-16-30-17-15-25/h4-11,22H,12-17H2,1-3H3. The zero-order chi connectivity index (χ0) is 23.4. The molecule has 1 fully saturated rings. The average molecular weight is 483 g/mol. The largest absolute Gasteiger partial charge is 0.379 e. The number of sulfonamides is 2. The molecule has 2 aromatic carbocycles. The van der Waals surface area contributed by atoms with E-state index in [0.717, 1.165) is 49.4 Å². The number of nitrogens with zero attached hydrogens (tertiary/aromatic N) is 3. The number of benzene rings is 2. The lowest BCUT2D eigenvalue weighted by atomic mass is 10.2. The van der Waals surface area contributed by atoms with Gasteiger partial charge in [-0.15, -0.1) is 0 Å². The SMILES string of the molecule is CN(CCN1CCOCC1)c1ccccc1NS(=O)(=O)c1ccc(S(=O)(=O)N(C)C)cc1. The summed E-state index contributed by atoms with van der Waals surface area (Å²) < 4.78 is 59.5. The highest BCUT2D eigenvalue weighted by atomic mass is 32.2. The van der Waals surface area contributed by atoms with Crippen LogP contribution in [-0.4, -0.2) is 86.6 Å². The van der Waals surface area contributed by atoms with E-state index >= 15 is 0 Å². The first-order chi connectivity index (χ1) is 15.1. The highest BCUT2D eigenvalue weighted by molar-refractivity contribution is 7.92. The molecule has 0 aliphatic carbocycles. The third-order valence-corrected chi connectivity index (χ3v) is 8.54. The Hall–Kier alpha value is -2.18. The number of hydrogen-bond donors (Lipinski definition) is 1. The van der Waals surface area contributed by atoms with Crippen molar-refractivity contribution in [1.82, 2.24) is 9.21 Å². The molecule has 0 saturated carbocycles. The van der Waals surface area contributed by atoms with Gasteiger partial charge < -0.3 is 9.64 Å². The van der Waals surface area contributed by atoms with Gasteiger partial charge >= 0.3 is 0 Å². The van der Waals surface area contributed by atoms with E-state index in [4.69, 9.17) is 4.74 Å². The van der Waals surface area contributed by atoms with Gasteiger partial charge in [0, 0.05) is 47.3 Å². The number of likely N-dealkylation sites (N-methyl/N-ethyl adjacent to an activating group) is 1. The van der Waals surface area contributed by atoms with Crippen molar-refractivity contribution in [2.45, 2.75) is 9.79 Å². The van der Waals surface area contributed by atoms with Crippen LogP contribution in [0.25, 0.3) is 0 Å². The highest BCUT2D eigenvalue weighted by Gasteiger charge is 2.21. The summed E-state index contributed by atoms with van der Waals surface area (Å²) in [6.07, 6.45) is 0. The molecule has 0 spiro atoms. The summed E-state index contributed by atoms with van der Waals surface area (Å²) in [6.45, 7) is 4.82. The van der Waals surface area contributed by atoms with E-state index in [9.17, 15) is 16.8 Å². The van der Waals surface area contributed by atoms with Crippen molar-refractivity contribution in [2.24, 2.45) is 0 Å². The molecular formula is C21H30N4O5S2. The molecule has 1 N–H and O–H groups in total. The second-order valence-corrected chi connectivity index (χ2v) is 11.6. The zero-order valence-electron chi connectivity index (χ0n) is 18.6. The Morgan fingerprint density at radius 3 is 2.12 bits per heavy atom. The van der Waals surface area contributed by atoms with Gasteiger partial charge in [-0.05, 0) is 36.4 Å². The summed E-state index contributed by atoms with van der Waals surface area (Å²) in [7, 11) is -2.76. The van der Waals surface area contributed by atoms with Crippen LogP contribution >= 0.6 is 0 Å². The molecule has 1 aliphatic heterocycles. The number of para-hydroxylation sites is 2. The maximum absolute atomic E-state index is 13.0. The van der Waals surface area contributed by atoms with Gasteiger partial charge in [0.25, 0.3) is 10.0 Å². The molecule has 0 atom stereocenters. The van der Waals surface area contributed by atoms with Crippen LogP contribution in [0.4, 0.5) is 11.4 Å². The third kappa shape index (κ3) is 5.78.